The molecule has 0 aliphatic heterocycles. The van der Waals surface area contributed by atoms with Crippen LogP contribution in [0.2, 0.25) is 0 Å². The summed E-state index contributed by atoms with van der Waals surface area (Å²) in [7, 11) is 0. The van der Waals surface area contributed by atoms with E-state index < -0.39 is 5.97 Å². The number of fused-ring (bicyclic) bond motifs is 1. The fourth-order valence-corrected chi connectivity index (χ4v) is 2.91. The lowest BCUT2D eigenvalue weighted by atomic mass is 10.1. The number of para-hydroxylation sites is 1. The lowest BCUT2D eigenvalue weighted by Crippen LogP contribution is -2.37. The van der Waals surface area contributed by atoms with Gasteiger partial charge in [-0.2, -0.15) is 0 Å². The summed E-state index contributed by atoms with van der Waals surface area (Å²) in [4.78, 5) is 28.0. The fraction of sp³-hybridized carbons (Fsp3) is 0.412. The van der Waals surface area contributed by atoms with Gasteiger partial charge >= 0.3 is 5.97 Å². The highest BCUT2D eigenvalue weighted by Crippen LogP contribution is 2.28. The number of aryl methyl sites for hydroxylation is 2. The van der Waals surface area contributed by atoms with Gasteiger partial charge in [0, 0.05) is 29.6 Å². The maximum Gasteiger partial charge on any atom is 0.323 e. The molecule has 0 unspecified atom stereocenters. The number of nitrogens with one attached hydrogen (secondary N) is 1. The molecule has 0 bridgehead atoms. The molecule has 0 saturated heterocycles. The quantitative estimate of drug-likeness (QED) is 0.860. The predicted molar refractivity (Wildman–Crippen MR) is 83.7 cm³/mol. The Bertz CT molecular complexity index is 716. The molecule has 1 amide bonds. The van der Waals surface area contributed by atoms with E-state index in [0.29, 0.717) is 12.8 Å². The molecule has 0 radical (unpaired) electrons. The van der Waals surface area contributed by atoms with Crippen molar-refractivity contribution in [1.82, 2.24) is 9.88 Å². The standard InChI is InChI=1S/C17H20N2O3/c1-11-3-2-4-14-12(9-18-17(11)14)5-8-15(20)19(10-16(21)22)13-6-7-13/h2-4,9,13,18H,5-8,10H2,1H3,(H,21,22). The molecule has 1 fully saturated rings. The number of H-pyrrole nitrogens is 1. The number of carboxylic acid groups (broad SMARTS) is 1. The summed E-state index contributed by atoms with van der Waals surface area (Å²) in [5.41, 5.74) is 3.40. The Morgan fingerprint density at radius 3 is 2.82 bits per heavy atom. The number of rotatable bonds is 6. The fourth-order valence-electron chi connectivity index (χ4n) is 2.91. The minimum atomic E-state index is -0.942. The summed E-state index contributed by atoms with van der Waals surface area (Å²) in [5, 5.41) is 10.1. The van der Waals surface area contributed by atoms with E-state index in [4.69, 9.17) is 5.11 Å². The minimum Gasteiger partial charge on any atom is -0.480 e. The van der Waals surface area contributed by atoms with Gasteiger partial charge in [0.2, 0.25) is 5.91 Å². The number of carbonyl (C=O) groups is 2. The predicted octanol–water partition coefficient (Wildman–Crippen LogP) is 2.48. The van der Waals surface area contributed by atoms with Gasteiger partial charge in [-0.1, -0.05) is 18.2 Å². The van der Waals surface area contributed by atoms with Gasteiger partial charge in [-0.25, -0.2) is 0 Å². The van der Waals surface area contributed by atoms with Gasteiger partial charge < -0.3 is 15.0 Å². The summed E-state index contributed by atoms with van der Waals surface area (Å²) < 4.78 is 0. The van der Waals surface area contributed by atoms with Crippen LogP contribution < -0.4 is 0 Å². The second-order valence-electron chi connectivity index (χ2n) is 5.96. The van der Waals surface area contributed by atoms with Crippen molar-refractivity contribution in [2.75, 3.05) is 6.54 Å². The second kappa shape index (κ2) is 5.83. The topological polar surface area (TPSA) is 73.4 Å². The largest absolute Gasteiger partial charge is 0.480 e. The van der Waals surface area contributed by atoms with Crippen molar-refractivity contribution in [3.05, 3.63) is 35.5 Å². The Morgan fingerprint density at radius 1 is 1.36 bits per heavy atom. The number of benzene rings is 1. The van der Waals surface area contributed by atoms with Crippen LogP contribution in [0.4, 0.5) is 0 Å². The van der Waals surface area contributed by atoms with Crippen LogP contribution in [0.15, 0.2) is 24.4 Å². The molecule has 1 aliphatic rings. The Balaban J connectivity index is 1.69. The zero-order valence-corrected chi connectivity index (χ0v) is 12.6. The van der Waals surface area contributed by atoms with Crippen molar-refractivity contribution in [1.29, 1.82) is 0 Å². The third kappa shape index (κ3) is 2.98. The van der Waals surface area contributed by atoms with Crippen LogP contribution in [0.25, 0.3) is 10.9 Å². The first-order chi connectivity index (χ1) is 10.6. The first kappa shape index (κ1) is 14.6. The monoisotopic (exact) mass is 300 g/mol. The molecular weight excluding hydrogens is 280 g/mol. The average Bonchev–Trinajstić information content (AvgIpc) is 3.23. The molecule has 1 saturated carbocycles. The molecule has 1 aliphatic carbocycles. The number of aliphatic carboxylic acids is 1. The molecule has 3 rings (SSSR count). The Kier molecular flexibility index (Phi) is 3.88. The van der Waals surface area contributed by atoms with Gasteiger partial charge in [-0.15, -0.1) is 0 Å². The molecule has 5 heteroatoms. The van der Waals surface area contributed by atoms with Gasteiger partial charge in [0.05, 0.1) is 0 Å². The first-order valence-corrected chi connectivity index (χ1v) is 7.63. The number of carboxylic acids is 1. The molecule has 1 aromatic heterocycles. The number of nitrogens with zero attached hydrogens (tertiary/aromatic N) is 1. The summed E-state index contributed by atoms with van der Waals surface area (Å²) in [6, 6.07) is 6.25. The van der Waals surface area contributed by atoms with Crippen molar-refractivity contribution < 1.29 is 14.7 Å². The van der Waals surface area contributed by atoms with Crippen LogP contribution in [-0.2, 0) is 16.0 Å². The van der Waals surface area contributed by atoms with Crippen molar-refractivity contribution in [3.8, 4) is 0 Å². The first-order valence-electron chi connectivity index (χ1n) is 7.63. The second-order valence-corrected chi connectivity index (χ2v) is 5.96. The third-order valence-electron chi connectivity index (χ3n) is 4.23. The van der Waals surface area contributed by atoms with Gasteiger partial charge in [-0.05, 0) is 37.3 Å². The number of aromatic nitrogens is 1. The lowest BCUT2D eigenvalue weighted by molar-refractivity contribution is -0.144. The summed E-state index contributed by atoms with van der Waals surface area (Å²) in [6.07, 6.45) is 4.77. The summed E-state index contributed by atoms with van der Waals surface area (Å²) >= 11 is 0. The van der Waals surface area contributed by atoms with Crippen LogP contribution in [0.3, 0.4) is 0 Å². The normalized spacial score (nSPS) is 14.2. The van der Waals surface area contributed by atoms with E-state index in [-0.39, 0.29) is 18.5 Å². The minimum absolute atomic E-state index is 0.0631. The molecule has 5 nitrogen and oxygen atoms in total. The van der Waals surface area contributed by atoms with Crippen molar-refractivity contribution >= 4 is 22.8 Å². The summed E-state index contributed by atoms with van der Waals surface area (Å²) in [5.74, 6) is -1.00. The van der Waals surface area contributed by atoms with Crippen LogP contribution in [0, 0.1) is 6.92 Å². The molecule has 0 atom stereocenters. The van der Waals surface area contributed by atoms with Crippen LogP contribution in [0.5, 0.6) is 0 Å². The molecule has 2 N–H and O–H groups in total. The van der Waals surface area contributed by atoms with E-state index >= 15 is 0 Å². The van der Waals surface area contributed by atoms with E-state index in [9.17, 15) is 9.59 Å². The molecule has 22 heavy (non-hydrogen) atoms. The number of amides is 1. The van der Waals surface area contributed by atoms with E-state index in [1.165, 1.54) is 10.5 Å². The van der Waals surface area contributed by atoms with E-state index in [0.717, 1.165) is 29.3 Å². The van der Waals surface area contributed by atoms with Crippen molar-refractivity contribution in [3.63, 3.8) is 0 Å². The highest BCUT2D eigenvalue weighted by atomic mass is 16.4. The highest BCUT2D eigenvalue weighted by Gasteiger charge is 2.33. The molecule has 0 spiro atoms. The van der Waals surface area contributed by atoms with Crippen molar-refractivity contribution in [2.45, 2.75) is 38.6 Å². The Hall–Kier alpha value is -2.30. The molecule has 1 heterocycles. The molecule has 2 aromatic rings. The van der Waals surface area contributed by atoms with Crippen LogP contribution >= 0.6 is 0 Å². The van der Waals surface area contributed by atoms with Gasteiger partial charge in [0.25, 0.3) is 0 Å². The van der Waals surface area contributed by atoms with E-state index in [2.05, 4.69) is 24.0 Å². The molecular formula is C17H20N2O3. The van der Waals surface area contributed by atoms with Crippen molar-refractivity contribution in [2.24, 2.45) is 0 Å². The SMILES string of the molecule is Cc1cccc2c(CCC(=O)N(CC(=O)O)C3CC3)c[nH]c12. The van der Waals surface area contributed by atoms with Crippen LogP contribution in [-0.4, -0.2) is 39.5 Å². The Labute approximate surface area is 128 Å². The smallest absolute Gasteiger partial charge is 0.323 e. The average molecular weight is 300 g/mol. The van der Waals surface area contributed by atoms with Crippen LogP contribution in [0.1, 0.15) is 30.4 Å². The maximum atomic E-state index is 12.3. The number of aromatic amines is 1. The zero-order valence-electron chi connectivity index (χ0n) is 12.6. The van der Waals surface area contributed by atoms with Gasteiger partial charge in [0.15, 0.2) is 0 Å². The zero-order chi connectivity index (χ0) is 15.7. The highest BCUT2D eigenvalue weighted by molar-refractivity contribution is 5.87. The number of carbonyl (C=O) groups excluding carboxylic acids is 1. The van der Waals surface area contributed by atoms with E-state index in [1.807, 2.05) is 12.3 Å². The number of hydrogen-bond donors (Lipinski definition) is 2. The summed E-state index contributed by atoms with van der Waals surface area (Å²) in [6.45, 7) is 1.87. The molecule has 116 valence electrons. The van der Waals surface area contributed by atoms with Gasteiger partial charge in [0.1, 0.15) is 6.54 Å². The van der Waals surface area contributed by atoms with E-state index in [1.54, 1.807) is 0 Å². The number of hydrogen-bond acceptors (Lipinski definition) is 2. The Morgan fingerprint density at radius 2 is 2.14 bits per heavy atom. The van der Waals surface area contributed by atoms with Gasteiger partial charge in [-0.3, -0.25) is 9.59 Å². The maximum absolute atomic E-state index is 12.3. The third-order valence-corrected chi connectivity index (χ3v) is 4.23. The lowest BCUT2D eigenvalue weighted by Gasteiger charge is -2.20. The molecule has 1 aromatic carbocycles.